The third-order valence-electron chi connectivity index (χ3n) is 4.44. The van der Waals surface area contributed by atoms with Crippen molar-refractivity contribution in [1.29, 1.82) is 0 Å². The summed E-state index contributed by atoms with van der Waals surface area (Å²) in [6, 6.07) is 5.71. The van der Waals surface area contributed by atoms with E-state index >= 15 is 0 Å². The average Bonchev–Trinajstić information content (AvgIpc) is 2.93. The summed E-state index contributed by atoms with van der Waals surface area (Å²) in [6.07, 6.45) is 6.08. The Morgan fingerprint density at radius 3 is 2.78 bits per heavy atom. The molecule has 2 N–H and O–H groups in total. The number of benzene rings is 1. The number of nitrogens with zero attached hydrogens (tertiary/aromatic N) is 1. The number of carbonyl (C=O) groups excluding carboxylic acids is 1. The Morgan fingerprint density at radius 2 is 2.00 bits per heavy atom. The summed E-state index contributed by atoms with van der Waals surface area (Å²) < 4.78 is 25.3. The Bertz CT molecular complexity index is 703. The number of likely N-dealkylation sites (tertiary alicyclic amines) is 1. The minimum atomic E-state index is -3.25. The first-order valence-corrected chi connectivity index (χ1v) is 9.95. The fraction of sp³-hybridized carbons (Fsp3) is 0.562. The third kappa shape index (κ3) is 4.23. The van der Waals surface area contributed by atoms with Crippen LogP contribution in [0.15, 0.2) is 18.2 Å². The van der Waals surface area contributed by atoms with Gasteiger partial charge in [-0.15, -0.1) is 0 Å². The lowest BCUT2D eigenvalue weighted by atomic mass is 10.1. The van der Waals surface area contributed by atoms with Gasteiger partial charge in [-0.2, -0.15) is 0 Å². The zero-order valence-corrected chi connectivity index (χ0v) is 14.2. The lowest BCUT2D eigenvalue weighted by Gasteiger charge is -2.32. The zero-order chi connectivity index (χ0) is 16.4. The van der Waals surface area contributed by atoms with E-state index in [0.29, 0.717) is 13.1 Å². The molecule has 3 rings (SSSR count). The monoisotopic (exact) mass is 337 g/mol. The standard InChI is InChI=1S/C16H23N3O3S/c1-23(21,22)18-15-6-3-9-19(11-15)16(20)17-14-8-7-12-4-2-5-13(12)10-14/h7-8,10,15,18H,2-6,9,11H2,1H3,(H,17,20)/t15-/m0/s1. The highest BCUT2D eigenvalue weighted by atomic mass is 32.2. The lowest BCUT2D eigenvalue weighted by molar-refractivity contribution is 0.190. The van der Waals surface area contributed by atoms with Crippen LogP contribution in [0.4, 0.5) is 10.5 Å². The molecule has 1 aromatic carbocycles. The first kappa shape index (κ1) is 16.3. The molecule has 1 heterocycles. The Balaban J connectivity index is 1.61. The van der Waals surface area contributed by atoms with Gasteiger partial charge in [-0.3, -0.25) is 0 Å². The maximum absolute atomic E-state index is 12.4. The van der Waals surface area contributed by atoms with Crippen LogP contribution in [0.5, 0.6) is 0 Å². The molecule has 23 heavy (non-hydrogen) atoms. The maximum Gasteiger partial charge on any atom is 0.321 e. The Morgan fingerprint density at radius 1 is 1.22 bits per heavy atom. The van der Waals surface area contributed by atoms with Crippen molar-refractivity contribution in [3.63, 3.8) is 0 Å². The number of hydrogen-bond donors (Lipinski definition) is 2. The molecular weight excluding hydrogens is 314 g/mol. The number of rotatable bonds is 3. The van der Waals surface area contributed by atoms with Gasteiger partial charge < -0.3 is 10.2 Å². The van der Waals surface area contributed by atoms with Gasteiger partial charge in [-0.1, -0.05) is 6.07 Å². The molecule has 6 nitrogen and oxygen atoms in total. The van der Waals surface area contributed by atoms with Crippen molar-refractivity contribution in [3.8, 4) is 0 Å². The number of aryl methyl sites for hydroxylation is 2. The number of anilines is 1. The fourth-order valence-corrected chi connectivity index (χ4v) is 4.21. The normalized spacial score (nSPS) is 21.1. The largest absolute Gasteiger partial charge is 0.323 e. The zero-order valence-electron chi connectivity index (χ0n) is 13.3. The molecule has 1 aliphatic carbocycles. The highest BCUT2D eigenvalue weighted by molar-refractivity contribution is 7.88. The second kappa shape index (κ2) is 6.49. The molecule has 0 saturated carbocycles. The lowest BCUT2D eigenvalue weighted by Crippen LogP contribution is -2.50. The number of urea groups is 1. The summed E-state index contributed by atoms with van der Waals surface area (Å²) in [6.45, 7) is 1.06. The molecular formula is C16H23N3O3S. The van der Waals surface area contributed by atoms with Gasteiger partial charge in [0.05, 0.1) is 6.26 Å². The van der Waals surface area contributed by atoms with Crippen LogP contribution in [0.3, 0.4) is 0 Å². The van der Waals surface area contributed by atoms with Crippen LogP contribution in [0.2, 0.25) is 0 Å². The number of nitrogens with one attached hydrogen (secondary N) is 2. The van der Waals surface area contributed by atoms with E-state index in [4.69, 9.17) is 0 Å². The Hall–Kier alpha value is -1.60. The summed E-state index contributed by atoms with van der Waals surface area (Å²) >= 11 is 0. The van der Waals surface area contributed by atoms with E-state index in [9.17, 15) is 13.2 Å². The molecule has 1 saturated heterocycles. The molecule has 1 aliphatic heterocycles. The minimum absolute atomic E-state index is 0.164. The van der Waals surface area contributed by atoms with Crippen molar-refractivity contribution in [2.24, 2.45) is 0 Å². The SMILES string of the molecule is CS(=O)(=O)N[C@H]1CCCN(C(=O)Nc2ccc3c(c2)CCC3)C1. The predicted molar refractivity (Wildman–Crippen MR) is 90.1 cm³/mol. The molecule has 1 aromatic rings. The van der Waals surface area contributed by atoms with E-state index in [0.717, 1.165) is 37.6 Å². The van der Waals surface area contributed by atoms with Crippen molar-refractivity contribution in [3.05, 3.63) is 29.3 Å². The van der Waals surface area contributed by atoms with E-state index in [-0.39, 0.29) is 12.1 Å². The van der Waals surface area contributed by atoms with Crippen molar-refractivity contribution in [2.45, 2.75) is 38.1 Å². The molecule has 7 heteroatoms. The van der Waals surface area contributed by atoms with Crippen LogP contribution in [-0.2, 0) is 22.9 Å². The van der Waals surface area contributed by atoms with Crippen LogP contribution in [0.25, 0.3) is 0 Å². The van der Waals surface area contributed by atoms with Gasteiger partial charge in [0.2, 0.25) is 10.0 Å². The van der Waals surface area contributed by atoms with Crippen LogP contribution in [0, 0.1) is 0 Å². The quantitative estimate of drug-likeness (QED) is 0.881. The highest BCUT2D eigenvalue weighted by Crippen LogP contribution is 2.25. The van der Waals surface area contributed by atoms with Crippen LogP contribution in [0.1, 0.15) is 30.4 Å². The van der Waals surface area contributed by atoms with Crippen LogP contribution in [-0.4, -0.2) is 44.7 Å². The van der Waals surface area contributed by atoms with E-state index in [1.807, 2.05) is 6.07 Å². The molecule has 2 aliphatic rings. The summed E-state index contributed by atoms with van der Waals surface area (Å²) in [5.41, 5.74) is 3.50. The Labute approximate surface area is 137 Å². The number of carbonyl (C=O) groups is 1. The summed E-state index contributed by atoms with van der Waals surface area (Å²) in [5.74, 6) is 0. The molecule has 0 bridgehead atoms. The molecule has 0 radical (unpaired) electrons. The summed E-state index contributed by atoms with van der Waals surface area (Å²) in [4.78, 5) is 14.1. The predicted octanol–water partition coefficient (Wildman–Crippen LogP) is 1.72. The van der Waals surface area contributed by atoms with E-state index in [2.05, 4.69) is 22.2 Å². The smallest absolute Gasteiger partial charge is 0.321 e. The van der Waals surface area contributed by atoms with E-state index < -0.39 is 10.0 Å². The first-order chi connectivity index (χ1) is 10.9. The first-order valence-electron chi connectivity index (χ1n) is 8.06. The van der Waals surface area contributed by atoms with Gasteiger partial charge in [0.15, 0.2) is 0 Å². The van der Waals surface area contributed by atoms with Gasteiger partial charge in [-0.25, -0.2) is 17.9 Å². The van der Waals surface area contributed by atoms with E-state index in [1.54, 1.807) is 4.90 Å². The summed E-state index contributed by atoms with van der Waals surface area (Å²) in [7, 11) is -3.25. The molecule has 0 spiro atoms. The molecule has 1 atom stereocenters. The van der Waals surface area contributed by atoms with Gasteiger partial charge in [-0.05, 0) is 55.4 Å². The number of hydrogen-bond acceptors (Lipinski definition) is 3. The van der Waals surface area contributed by atoms with Crippen LogP contribution < -0.4 is 10.0 Å². The minimum Gasteiger partial charge on any atom is -0.323 e. The maximum atomic E-state index is 12.4. The van der Waals surface area contributed by atoms with Crippen molar-refractivity contribution < 1.29 is 13.2 Å². The molecule has 1 fully saturated rings. The van der Waals surface area contributed by atoms with Crippen molar-refractivity contribution in [1.82, 2.24) is 9.62 Å². The van der Waals surface area contributed by atoms with Crippen LogP contribution >= 0.6 is 0 Å². The van der Waals surface area contributed by atoms with Gasteiger partial charge in [0.25, 0.3) is 0 Å². The van der Waals surface area contributed by atoms with E-state index in [1.165, 1.54) is 17.5 Å². The van der Waals surface area contributed by atoms with Gasteiger partial charge in [0.1, 0.15) is 0 Å². The highest BCUT2D eigenvalue weighted by Gasteiger charge is 2.25. The second-order valence-electron chi connectivity index (χ2n) is 6.44. The number of sulfonamides is 1. The topological polar surface area (TPSA) is 78.5 Å². The third-order valence-corrected chi connectivity index (χ3v) is 5.20. The number of piperidine rings is 1. The molecule has 2 amide bonds. The van der Waals surface area contributed by atoms with Gasteiger partial charge in [0, 0.05) is 24.8 Å². The van der Waals surface area contributed by atoms with Crippen molar-refractivity contribution in [2.75, 3.05) is 24.7 Å². The fourth-order valence-electron chi connectivity index (χ4n) is 3.41. The average molecular weight is 337 g/mol. The molecule has 0 unspecified atom stereocenters. The summed E-state index contributed by atoms with van der Waals surface area (Å²) in [5, 5.41) is 2.93. The van der Waals surface area contributed by atoms with Crippen molar-refractivity contribution >= 4 is 21.7 Å². The number of fused-ring (bicyclic) bond motifs is 1. The molecule has 126 valence electrons. The Kier molecular flexibility index (Phi) is 4.59. The second-order valence-corrected chi connectivity index (χ2v) is 8.22. The number of amides is 2. The molecule has 0 aromatic heterocycles. The van der Waals surface area contributed by atoms with Gasteiger partial charge >= 0.3 is 6.03 Å².